The van der Waals surface area contributed by atoms with Crippen LogP contribution in [0.1, 0.15) is 258 Å². The Labute approximate surface area is 361 Å². The van der Waals surface area contributed by atoms with Gasteiger partial charge in [0, 0.05) is 0 Å². The summed E-state index contributed by atoms with van der Waals surface area (Å²) in [6, 6.07) is -0.767. The van der Waals surface area contributed by atoms with Crippen LogP contribution in [0.15, 0.2) is 48.6 Å². The molecule has 1 amide bonds. The second-order valence-corrected chi connectivity index (χ2v) is 17.4. The molecule has 5 heteroatoms. The molecule has 0 fully saturated rings. The van der Waals surface area contributed by atoms with E-state index in [-0.39, 0.29) is 18.9 Å². The fourth-order valence-corrected chi connectivity index (χ4v) is 7.66. The summed E-state index contributed by atoms with van der Waals surface area (Å²) in [7, 11) is 0. The standard InChI is InChI=1S/C53H99NO4/c1-3-5-7-9-11-13-15-17-19-20-21-22-23-24-25-26-27-28-29-30-31-32-33-34-36-38-40-42-44-46-50(56)48-53(58)54-51(49-55)52(57)47-45-43-41-39-37-35-18-16-14-12-10-8-6-4-2/h14,16,24-25,37,39,45,47,50-52,55-57H,3-13,15,17-23,26-36,38,40-44,46,48-49H2,1-2H3,(H,54,58)/b16-14+,25-24-,39-37+,47-45+. The first-order chi connectivity index (χ1) is 28.5. The van der Waals surface area contributed by atoms with Gasteiger partial charge in [-0.15, -0.1) is 0 Å². The largest absolute Gasteiger partial charge is 0.394 e. The van der Waals surface area contributed by atoms with Crippen molar-refractivity contribution in [2.45, 2.75) is 276 Å². The number of nitrogens with one attached hydrogen (secondary N) is 1. The van der Waals surface area contributed by atoms with E-state index in [2.05, 4.69) is 55.6 Å². The molecule has 0 aliphatic carbocycles. The number of rotatable bonds is 46. The van der Waals surface area contributed by atoms with Gasteiger partial charge in [-0.1, -0.05) is 229 Å². The number of hydrogen-bond donors (Lipinski definition) is 4. The highest BCUT2D eigenvalue weighted by Gasteiger charge is 2.20. The average Bonchev–Trinajstić information content (AvgIpc) is 3.22. The van der Waals surface area contributed by atoms with E-state index in [1.807, 2.05) is 6.08 Å². The number of allylic oxidation sites excluding steroid dienone is 7. The predicted octanol–water partition coefficient (Wildman–Crippen LogP) is 15.3. The molecule has 58 heavy (non-hydrogen) atoms. The molecule has 0 heterocycles. The summed E-state index contributed by atoms with van der Waals surface area (Å²) in [4.78, 5) is 12.5. The summed E-state index contributed by atoms with van der Waals surface area (Å²) < 4.78 is 0. The zero-order valence-electron chi connectivity index (χ0n) is 38.7. The lowest BCUT2D eigenvalue weighted by atomic mass is 10.0. The van der Waals surface area contributed by atoms with Crippen molar-refractivity contribution in [3.63, 3.8) is 0 Å². The molecule has 0 radical (unpaired) electrons. The van der Waals surface area contributed by atoms with Crippen LogP contribution in [0.5, 0.6) is 0 Å². The molecule has 4 N–H and O–H groups in total. The van der Waals surface area contributed by atoms with E-state index < -0.39 is 18.2 Å². The first kappa shape index (κ1) is 56.3. The van der Waals surface area contributed by atoms with E-state index in [1.165, 1.54) is 193 Å². The molecular formula is C53H99NO4. The SMILES string of the molecule is CCCCCC/C=C/CC/C=C/CC/C=C/C(O)C(CO)NC(=O)CC(O)CCCCCCCCCCCCCCC/C=C\CCCCCCCCCCCCCC. The molecule has 0 aliphatic rings. The molecule has 0 aromatic carbocycles. The Hall–Kier alpha value is -1.69. The Bertz CT molecular complexity index is 943. The van der Waals surface area contributed by atoms with Crippen molar-refractivity contribution in [3.05, 3.63) is 48.6 Å². The van der Waals surface area contributed by atoms with Gasteiger partial charge in [-0.2, -0.15) is 0 Å². The Balaban J connectivity index is 3.58. The molecule has 340 valence electrons. The lowest BCUT2D eigenvalue weighted by Crippen LogP contribution is -2.45. The summed E-state index contributed by atoms with van der Waals surface area (Å²) in [6.45, 7) is 4.18. The minimum Gasteiger partial charge on any atom is -0.394 e. The van der Waals surface area contributed by atoms with Crippen molar-refractivity contribution in [3.8, 4) is 0 Å². The monoisotopic (exact) mass is 814 g/mol. The van der Waals surface area contributed by atoms with Crippen molar-refractivity contribution in [1.82, 2.24) is 5.32 Å². The van der Waals surface area contributed by atoms with Crippen LogP contribution in [0.3, 0.4) is 0 Å². The Kier molecular flexibility index (Phi) is 46.6. The van der Waals surface area contributed by atoms with E-state index in [0.717, 1.165) is 38.5 Å². The van der Waals surface area contributed by atoms with E-state index in [9.17, 15) is 20.1 Å². The summed E-state index contributed by atoms with van der Waals surface area (Å²) in [5, 5.41) is 33.2. The van der Waals surface area contributed by atoms with Gasteiger partial charge in [-0.05, 0) is 70.6 Å². The molecule has 3 unspecified atom stereocenters. The molecule has 3 atom stereocenters. The highest BCUT2D eigenvalue weighted by Crippen LogP contribution is 2.16. The minimum atomic E-state index is -0.960. The van der Waals surface area contributed by atoms with Gasteiger partial charge >= 0.3 is 0 Å². The molecular weight excluding hydrogens is 715 g/mol. The second-order valence-electron chi connectivity index (χ2n) is 17.4. The van der Waals surface area contributed by atoms with E-state index in [0.29, 0.717) is 6.42 Å². The van der Waals surface area contributed by atoms with Crippen molar-refractivity contribution in [2.24, 2.45) is 0 Å². The normalized spacial score (nSPS) is 13.8. The van der Waals surface area contributed by atoms with E-state index in [1.54, 1.807) is 6.08 Å². The number of carbonyl (C=O) groups excluding carboxylic acids is 1. The maximum atomic E-state index is 12.5. The van der Waals surface area contributed by atoms with Crippen LogP contribution in [0.25, 0.3) is 0 Å². The van der Waals surface area contributed by atoms with Crippen molar-refractivity contribution >= 4 is 5.91 Å². The highest BCUT2D eigenvalue weighted by molar-refractivity contribution is 5.76. The van der Waals surface area contributed by atoms with Gasteiger partial charge in [0.15, 0.2) is 0 Å². The van der Waals surface area contributed by atoms with Gasteiger partial charge in [-0.3, -0.25) is 4.79 Å². The van der Waals surface area contributed by atoms with Crippen LogP contribution < -0.4 is 5.32 Å². The number of aliphatic hydroxyl groups excluding tert-OH is 3. The maximum absolute atomic E-state index is 12.5. The summed E-state index contributed by atoms with van der Waals surface area (Å²) in [6.07, 6.45) is 62.9. The van der Waals surface area contributed by atoms with Gasteiger partial charge in [0.1, 0.15) is 0 Å². The highest BCUT2D eigenvalue weighted by atomic mass is 16.3. The molecule has 0 bridgehead atoms. The Morgan fingerprint density at radius 2 is 0.741 bits per heavy atom. The lowest BCUT2D eigenvalue weighted by Gasteiger charge is -2.21. The number of aliphatic hydroxyl groups is 3. The van der Waals surface area contributed by atoms with Crippen molar-refractivity contribution in [1.29, 1.82) is 0 Å². The van der Waals surface area contributed by atoms with Crippen molar-refractivity contribution in [2.75, 3.05) is 6.61 Å². The Morgan fingerprint density at radius 3 is 1.12 bits per heavy atom. The third-order valence-electron chi connectivity index (χ3n) is 11.6. The van der Waals surface area contributed by atoms with Crippen molar-refractivity contribution < 1.29 is 20.1 Å². The summed E-state index contributed by atoms with van der Waals surface area (Å²) in [5.74, 6) is -0.329. The van der Waals surface area contributed by atoms with Crippen LogP contribution in [0.4, 0.5) is 0 Å². The fraction of sp³-hybridized carbons (Fsp3) is 0.830. The van der Waals surface area contributed by atoms with E-state index in [4.69, 9.17) is 0 Å². The number of unbranched alkanes of at least 4 members (excludes halogenated alkanes) is 31. The van der Waals surface area contributed by atoms with Gasteiger partial charge < -0.3 is 20.6 Å². The third kappa shape index (κ3) is 43.9. The smallest absolute Gasteiger partial charge is 0.222 e. The summed E-state index contributed by atoms with van der Waals surface area (Å²) >= 11 is 0. The minimum absolute atomic E-state index is 0.00234. The number of carbonyl (C=O) groups is 1. The maximum Gasteiger partial charge on any atom is 0.222 e. The lowest BCUT2D eigenvalue weighted by molar-refractivity contribution is -0.124. The van der Waals surface area contributed by atoms with Gasteiger partial charge in [-0.25, -0.2) is 0 Å². The molecule has 5 nitrogen and oxygen atoms in total. The van der Waals surface area contributed by atoms with E-state index >= 15 is 0 Å². The first-order valence-corrected chi connectivity index (χ1v) is 25.4. The Morgan fingerprint density at radius 1 is 0.431 bits per heavy atom. The molecule has 0 aliphatic heterocycles. The molecule has 0 saturated carbocycles. The molecule has 0 aromatic heterocycles. The first-order valence-electron chi connectivity index (χ1n) is 25.4. The van der Waals surface area contributed by atoms with Crippen LogP contribution >= 0.6 is 0 Å². The molecule has 0 aromatic rings. The quantitative estimate of drug-likeness (QED) is 0.0364. The van der Waals surface area contributed by atoms with Gasteiger partial charge in [0.25, 0.3) is 0 Å². The fourth-order valence-electron chi connectivity index (χ4n) is 7.66. The van der Waals surface area contributed by atoms with Crippen LogP contribution in [0, 0.1) is 0 Å². The van der Waals surface area contributed by atoms with Crippen LogP contribution in [0.2, 0.25) is 0 Å². The zero-order chi connectivity index (χ0) is 42.3. The number of hydrogen-bond acceptors (Lipinski definition) is 4. The zero-order valence-corrected chi connectivity index (χ0v) is 38.7. The topological polar surface area (TPSA) is 89.8 Å². The molecule has 0 spiro atoms. The van der Waals surface area contributed by atoms with Gasteiger partial charge in [0.2, 0.25) is 5.91 Å². The number of amides is 1. The second kappa shape index (κ2) is 48.0. The summed E-state index contributed by atoms with van der Waals surface area (Å²) in [5.41, 5.74) is 0. The van der Waals surface area contributed by atoms with Gasteiger partial charge in [0.05, 0.1) is 31.3 Å². The molecule has 0 saturated heterocycles. The molecule has 0 rings (SSSR count). The van der Waals surface area contributed by atoms with Crippen LogP contribution in [-0.4, -0.2) is 46.1 Å². The van der Waals surface area contributed by atoms with Crippen LogP contribution in [-0.2, 0) is 4.79 Å². The third-order valence-corrected chi connectivity index (χ3v) is 11.6. The predicted molar refractivity (Wildman–Crippen MR) is 254 cm³/mol. The average molecular weight is 814 g/mol.